The number of aliphatic hydroxyl groups is 1. The van der Waals surface area contributed by atoms with Crippen LogP contribution in [0.3, 0.4) is 0 Å². The summed E-state index contributed by atoms with van der Waals surface area (Å²) < 4.78 is 0. The fourth-order valence-corrected chi connectivity index (χ4v) is 7.19. The van der Waals surface area contributed by atoms with Gasteiger partial charge in [-0.3, -0.25) is 14.9 Å². The molecule has 1 heterocycles. The number of aromatic nitrogens is 1. The predicted octanol–water partition coefficient (Wildman–Crippen LogP) is 6.25. The van der Waals surface area contributed by atoms with E-state index in [4.69, 9.17) is 0 Å². The van der Waals surface area contributed by atoms with Crippen molar-refractivity contribution in [3.8, 4) is 5.75 Å². The number of aliphatic hydroxyl groups excluding tert-OH is 1. The van der Waals surface area contributed by atoms with Gasteiger partial charge in [0.05, 0.1) is 11.2 Å². The SMILES string of the molecule is CCC1c2cc([N+](=O)[O-])c(O)cc2CCC1C1C(C)C/C(=C/O)C1CCC(=O)Nc1ncc(C)s1. The second kappa shape index (κ2) is 10.4. The van der Waals surface area contributed by atoms with Crippen molar-refractivity contribution in [1.29, 1.82) is 0 Å². The van der Waals surface area contributed by atoms with Crippen LogP contribution in [-0.2, 0) is 11.2 Å². The molecule has 4 rings (SSSR count). The summed E-state index contributed by atoms with van der Waals surface area (Å²) in [5, 5.41) is 35.1. The lowest BCUT2D eigenvalue weighted by molar-refractivity contribution is -0.386. The molecular formula is C26H33N3O5S. The van der Waals surface area contributed by atoms with Gasteiger partial charge in [0, 0.05) is 23.6 Å². The lowest BCUT2D eigenvalue weighted by Gasteiger charge is -2.41. The van der Waals surface area contributed by atoms with Crippen LogP contribution in [0.1, 0.15) is 67.9 Å². The number of amides is 1. The second-order valence-electron chi connectivity index (χ2n) is 9.95. The van der Waals surface area contributed by atoms with Crippen LogP contribution in [-0.4, -0.2) is 26.0 Å². The number of phenols is 1. The van der Waals surface area contributed by atoms with Crippen LogP contribution >= 0.6 is 11.3 Å². The Kier molecular flexibility index (Phi) is 7.44. The van der Waals surface area contributed by atoms with Crippen LogP contribution < -0.4 is 5.32 Å². The maximum absolute atomic E-state index is 12.6. The average molecular weight is 500 g/mol. The first kappa shape index (κ1) is 25.2. The van der Waals surface area contributed by atoms with Crippen LogP contribution in [0.25, 0.3) is 0 Å². The Labute approximate surface area is 209 Å². The monoisotopic (exact) mass is 499 g/mol. The molecule has 5 atom stereocenters. The molecule has 0 aliphatic heterocycles. The lowest BCUT2D eigenvalue weighted by Crippen LogP contribution is -2.32. The number of thiazole rings is 1. The second-order valence-corrected chi connectivity index (χ2v) is 11.2. The molecule has 188 valence electrons. The summed E-state index contributed by atoms with van der Waals surface area (Å²) in [6.07, 6.45) is 7.21. The van der Waals surface area contributed by atoms with Gasteiger partial charge >= 0.3 is 5.69 Å². The summed E-state index contributed by atoms with van der Waals surface area (Å²) in [6, 6.07) is 3.12. The Hall–Kier alpha value is -2.94. The van der Waals surface area contributed by atoms with Crippen LogP contribution in [0.5, 0.6) is 5.75 Å². The maximum atomic E-state index is 12.6. The number of nitrogens with one attached hydrogen (secondary N) is 1. The standard InChI is InChI=1S/C26H33N3O5S/c1-4-18-20(6-5-16-10-23(31)22(29(33)34)11-21(16)18)25-14(2)9-17(13-30)19(25)7-8-24(32)28-26-27-12-15(3)35-26/h10-14,18-20,25,30-31H,4-9H2,1-3H3,(H,27,28,32)/b17-13-. The van der Waals surface area contributed by atoms with Gasteiger partial charge in [0.25, 0.3) is 0 Å². The van der Waals surface area contributed by atoms with Crippen molar-refractivity contribution in [1.82, 2.24) is 4.98 Å². The lowest BCUT2D eigenvalue weighted by atomic mass is 9.63. The maximum Gasteiger partial charge on any atom is 0.310 e. The first-order valence-electron chi connectivity index (χ1n) is 12.3. The fraction of sp³-hybridized carbons (Fsp3) is 0.538. The first-order chi connectivity index (χ1) is 16.7. The smallest absolute Gasteiger partial charge is 0.310 e. The number of nitrogens with zero attached hydrogens (tertiary/aromatic N) is 2. The number of aryl methyl sites for hydroxylation is 2. The number of rotatable bonds is 7. The van der Waals surface area contributed by atoms with Crippen LogP contribution in [0.2, 0.25) is 0 Å². The van der Waals surface area contributed by atoms with Crippen molar-refractivity contribution in [2.45, 2.75) is 65.2 Å². The number of allylic oxidation sites excluding steroid dienone is 1. The van der Waals surface area contributed by atoms with Crippen LogP contribution in [0.15, 0.2) is 30.2 Å². The van der Waals surface area contributed by atoms with E-state index in [1.165, 1.54) is 17.6 Å². The van der Waals surface area contributed by atoms with E-state index in [9.17, 15) is 25.1 Å². The van der Waals surface area contributed by atoms with E-state index in [2.05, 4.69) is 24.1 Å². The van der Waals surface area contributed by atoms with Gasteiger partial charge in [-0.25, -0.2) is 4.98 Å². The molecule has 0 spiro atoms. The van der Waals surface area contributed by atoms with E-state index in [0.29, 0.717) is 23.9 Å². The Morgan fingerprint density at radius 2 is 2.14 bits per heavy atom. The van der Waals surface area contributed by atoms with Crippen LogP contribution in [0.4, 0.5) is 10.8 Å². The number of carbonyl (C=O) groups is 1. The number of nitro groups is 1. The third-order valence-corrected chi connectivity index (χ3v) is 8.73. The van der Waals surface area contributed by atoms with Gasteiger partial charge in [-0.05, 0) is 91.4 Å². The van der Waals surface area contributed by atoms with Crippen molar-refractivity contribution < 1.29 is 19.9 Å². The van der Waals surface area contributed by atoms with Crippen molar-refractivity contribution >= 4 is 28.1 Å². The molecule has 2 aliphatic carbocycles. The third-order valence-electron chi connectivity index (χ3n) is 7.90. The molecule has 1 aromatic heterocycles. The van der Waals surface area contributed by atoms with Crippen LogP contribution in [0, 0.1) is 40.7 Å². The molecule has 1 saturated carbocycles. The molecule has 9 heteroatoms. The number of carbonyl (C=O) groups excluding carboxylic acids is 1. The molecule has 0 bridgehead atoms. The summed E-state index contributed by atoms with van der Waals surface area (Å²) in [5.41, 5.74) is 2.67. The topological polar surface area (TPSA) is 126 Å². The average Bonchev–Trinajstić information content (AvgIpc) is 3.37. The number of hydrogen-bond donors (Lipinski definition) is 3. The zero-order valence-electron chi connectivity index (χ0n) is 20.4. The van der Waals surface area contributed by atoms with Gasteiger partial charge in [-0.1, -0.05) is 13.8 Å². The Morgan fingerprint density at radius 3 is 2.77 bits per heavy atom. The number of fused-ring (bicyclic) bond motifs is 1. The Bertz CT molecular complexity index is 1140. The molecule has 2 aromatic rings. The molecule has 5 unspecified atom stereocenters. The van der Waals surface area contributed by atoms with Gasteiger partial charge in [0.1, 0.15) is 0 Å². The number of anilines is 1. The minimum Gasteiger partial charge on any atom is -0.516 e. The van der Waals surface area contributed by atoms with Crippen molar-refractivity contribution in [3.63, 3.8) is 0 Å². The highest BCUT2D eigenvalue weighted by Crippen LogP contribution is 2.55. The highest BCUT2D eigenvalue weighted by molar-refractivity contribution is 7.15. The molecule has 1 amide bonds. The summed E-state index contributed by atoms with van der Waals surface area (Å²) in [6.45, 7) is 6.25. The van der Waals surface area contributed by atoms with Gasteiger partial charge < -0.3 is 15.5 Å². The van der Waals surface area contributed by atoms with E-state index in [1.807, 2.05) is 6.92 Å². The number of phenolic OH excluding ortho intramolecular Hbond substituents is 1. The highest BCUT2D eigenvalue weighted by Gasteiger charge is 2.46. The minimum atomic E-state index is -0.526. The Morgan fingerprint density at radius 1 is 1.37 bits per heavy atom. The van der Waals surface area contributed by atoms with E-state index >= 15 is 0 Å². The minimum absolute atomic E-state index is 0.0754. The molecule has 8 nitrogen and oxygen atoms in total. The van der Waals surface area contributed by atoms with E-state index < -0.39 is 4.92 Å². The largest absolute Gasteiger partial charge is 0.516 e. The van der Waals surface area contributed by atoms with Gasteiger partial charge in [0.15, 0.2) is 10.9 Å². The highest BCUT2D eigenvalue weighted by atomic mass is 32.1. The number of aromatic hydroxyl groups is 1. The quantitative estimate of drug-likeness (QED) is 0.235. The van der Waals surface area contributed by atoms with E-state index in [0.717, 1.165) is 47.3 Å². The van der Waals surface area contributed by atoms with Gasteiger partial charge in [0.2, 0.25) is 5.91 Å². The molecular weight excluding hydrogens is 466 g/mol. The van der Waals surface area contributed by atoms with Crippen molar-refractivity contribution in [3.05, 3.63) is 56.3 Å². The zero-order chi connectivity index (χ0) is 25.3. The first-order valence-corrected chi connectivity index (χ1v) is 13.1. The molecule has 0 radical (unpaired) electrons. The fourth-order valence-electron chi connectivity index (χ4n) is 6.51. The van der Waals surface area contributed by atoms with E-state index in [-0.39, 0.29) is 41.0 Å². The van der Waals surface area contributed by atoms with E-state index in [1.54, 1.807) is 18.3 Å². The zero-order valence-corrected chi connectivity index (χ0v) is 21.2. The third kappa shape index (κ3) is 5.05. The van der Waals surface area contributed by atoms with Crippen molar-refractivity contribution in [2.75, 3.05) is 5.32 Å². The molecule has 1 fully saturated rings. The summed E-state index contributed by atoms with van der Waals surface area (Å²) >= 11 is 1.44. The molecule has 3 N–H and O–H groups in total. The summed E-state index contributed by atoms with van der Waals surface area (Å²) in [7, 11) is 0. The number of nitro benzene ring substituents is 1. The molecule has 1 aromatic carbocycles. The predicted molar refractivity (Wildman–Crippen MR) is 136 cm³/mol. The molecule has 2 aliphatic rings. The Balaban J connectivity index is 1.57. The molecule has 0 saturated heterocycles. The normalized spacial score (nSPS) is 27.1. The van der Waals surface area contributed by atoms with Crippen molar-refractivity contribution in [2.24, 2.45) is 23.7 Å². The summed E-state index contributed by atoms with van der Waals surface area (Å²) in [5.74, 6) is 0.705. The number of benzene rings is 1. The molecule has 35 heavy (non-hydrogen) atoms. The van der Waals surface area contributed by atoms with Gasteiger partial charge in [-0.15, -0.1) is 11.3 Å². The van der Waals surface area contributed by atoms with Gasteiger partial charge in [-0.2, -0.15) is 0 Å². The number of hydrogen-bond acceptors (Lipinski definition) is 7. The summed E-state index contributed by atoms with van der Waals surface area (Å²) in [4.78, 5) is 28.8.